The number of hydrogen-bond acceptors (Lipinski definition) is 4. The molecule has 5 nitrogen and oxygen atoms in total. The van der Waals surface area contributed by atoms with Crippen LogP contribution in [0.2, 0.25) is 0 Å². The first-order chi connectivity index (χ1) is 9.23. The quantitative estimate of drug-likeness (QED) is 0.880. The second-order valence-corrected chi connectivity index (χ2v) is 6.29. The van der Waals surface area contributed by atoms with Gasteiger partial charge in [0.1, 0.15) is 11.4 Å². The number of amides is 1. The Balaban J connectivity index is 2.63. The fraction of sp³-hybridized carbons (Fsp3) is 0.500. The molecule has 1 aromatic carbocycles. The zero-order valence-electron chi connectivity index (χ0n) is 12.2. The van der Waals surface area contributed by atoms with Crippen LogP contribution in [0, 0.1) is 0 Å². The van der Waals surface area contributed by atoms with Gasteiger partial charge in [-0.2, -0.15) is 0 Å². The topological polar surface area (TPSA) is 73.6 Å². The fourth-order valence-corrected chi connectivity index (χ4v) is 1.95. The van der Waals surface area contributed by atoms with Crippen molar-refractivity contribution in [1.29, 1.82) is 0 Å². The summed E-state index contributed by atoms with van der Waals surface area (Å²) in [6, 6.07) is 5.21. The lowest BCUT2D eigenvalue weighted by molar-refractivity contribution is 0.0524. The lowest BCUT2D eigenvalue weighted by Gasteiger charge is -2.21. The highest BCUT2D eigenvalue weighted by atomic mass is 79.9. The summed E-state index contributed by atoms with van der Waals surface area (Å²) in [4.78, 5) is 11.6. The van der Waals surface area contributed by atoms with Crippen molar-refractivity contribution in [2.24, 2.45) is 5.73 Å². The van der Waals surface area contributed by atoms with E-state index in [1.807, 2.05) is 39.0 Å². The van der Waals surface area contributed by atoms with E-state index < -0.39 is 11.7 Å². The van der Waals surface area contributed by atoms with E-state index in [0.717, 1.165) is 10.0 Å². The van der Waals surface area contributed by atoms with Crippen molar-refractivity contribution in [1.82, 2.24) is 5.32 Å². The molecule has 0 saturated heterocycles. The second-order valence-electron chi connectivity index (χ2n) is 5.38. The minimum atomic E-state index is -0.524. The van der Waals surface area contributed by atoms with Crippen molar-refractivity contribution in [3.63, 3.8) is 0 Å². The number of halogens is 1. The van der Waals surface area contributed by atoms with Crippen molar-refractivity contribution in [3.8, 4) is 5.75 Å². The van der Waals surface area contributed by atoms with Gasteiger partial charge >= 0.3 is 6.09 Å². The summed E-state index contributed by atoms with van der Waals surface area (Å²) >= 11 is 3.37. The average Bonchev–Trinajstić information content (AvgIpc) is 2.33. The Morgan fingerprint density at radius 1 is 1.45 bits per heavy atom. The van der Waals surface area contributed by atoms with Crippen molar-refractivity contribution >= 4 is 22.0 Å². The summed E-state index contributed by atoms with van der Waals surface area (Å²) in [5, 5.41) is 2.65. The Kier molecular flexibility index (Phi) is 5.83. The second kappa shape index (κ2) is 6.95. The molecule has 0 aromatic heterocycles. The summed E-state index contributed by atoms with van der Waals surface area (Å²) in [5.74, 6) is 0.679. The van der Waals surface area contributed by atoms with Gasteiger partial charge in [-0.15, -0.1) is 0 Å². The van der Waals surface area contributed by atoms with E-state index in [1.54, 1.807) is 7.11 Å². The molecule has 112 valence electrons. The molecule has 1 unspecified atom stereocenters. The van der Waals surface area contributed by atoms with Crippen LogP contribution in [0.1, 0.15) is 32.4 Å². The van der Waals surface area contributed by atoms with Crippen molar-refractivity contribution in [3.05, 3.63) is 28.2 Å². The minimum Gasteiger partial charge on any atom is -0.496 e. The van der Waals surface area contributed by atoms with Gasteiger partial charge in [0.05, 0.1) is 13.2 Å². The largest absolute Gasteiger partial charge is 0.496 e. The molecule has 1 atom stereocenters. The van der Waals surface area contributed by atoms with Crippen LogP contribution in [-0.2, 0) is 4.74 Å². The molecule has 0 aliphatic heterocycles. The maximum atomic E-state index is 11.6. The van der Waals surface area contributed by atoms with E-state index in [2.05, 4.69) is 21.2 Å². The van der Waals surface area contributed by atoms with Crippen molar-refractivity contribution in [2.45, 2.75) is 32.4 Å². The lowest BCUT2D eigenvalue weighted by Crippen LogP contribution is -2.36. The first kappa shape index (κ1) is 16.8. The normalized spacial score (nSPS) is 12.7. The molecule has 0 aliphatic rings. The van der Waals surface area contributed by atoms with Gasteiger partial charge in [-0.1, -0.05) is 22.0 Å². The monoisotopic (exact) mass is 344 g/mol. The minimum absolute atomic E-state index is 0.271. The Morgan fingerprint density at radius 2 is 2.10 bits per heavy atom. The first-order valence-corrected chi connectivity index (χ1v) is 7.08. The Labute approximate surface area is 127 Å². The average molecular weight is 345 g/mol. The first-order valence-electron chi connectivity index (χ1n) is 6.29. The Morgan fingerprint density at radius 3 is 2.65 bits per heavy atom. The zero-order valence-corrected chi connectivity index (χ0v) is 13.8. The van der Waals surface area contributed by atoms with E-state index in [1.165, 1.54) is 0 Å². The number of methoxy groups -OCH3 is 1. The summed E-state index contributed by atoms with van der Waals surface area (Å²) in [7, 11) is 1.58. The fourth-order valence-electron chi connectivity index (χ4n) is 1.61. The molecule has 20 heavy (non-hydrogen) atoms. The molecule has 0 aliphatic carbocycles. The zero-order chi connectivity index (χ0) is 15.3. The molecule has 1 amide bonds. The molecule has 0 heterocycles. The van der Waals surface area contributed by atoms with Crippen LogP contribution in [0.15, 0.2) is 22.7 Å². The number of carbonyl (C=O) groups is 1. The van der Waals surface area contributed by atoms with Crippen LogP contribution in [0.5, 0.6) is 5.75 Å². The molecule has 0 saturated carbocycles. The number of hydrogen-bond donors (Lipinski definition) is 2. The SMILES string of the molecule is COc1cc(Br)ccc1C(N)CNC(=O)OC(C)(C)C. The standard InChI is InChI=1S/C14H21BrN2O3/c1-14(2,3)20-13(18)17-8-11(16)10-6-5-9(15)7-12(10)19-4/h5-7,11H,8,16H2,1-4H3,(H,17,18). The van der Waals surface area contributed by atoms with Crippen LogP contribution in [0.25, 0.3) is 0 Å². The molecule has 6 heteroatoms. The van der Waals surface area contributed by atoms with Crippen molar-refractivity contribution in [2.75, 3.05) is 13.7 Å². The van der Waals surface area contributed by atoms with Gasteiger partial charge in [-0.25, -0.2) is 4.79 Å². The van der Waals surface area contributed by atoms with Crippen LogP contribution in [-0.4, -0.2) is 25.3 Å². The third kappa shape index (κ3) is 5.38. The maximum absolute atomic E-state index is 11.6. The highest BCUT2D eigenvalue weighted by molar-refractivity contribution is 9.10. The summed E-state index contributed by atoms with van der Waals surface area (Å²) in [5.41, 5.74) is 6.37. The molecule has 0 radical (unpaired) electrons. The van der Waals surface area contributed by atoms with Crippen molar-refractivity contribution < 1.29 is 14.3 Å². The highest BCUT2D eigenvalue weighted by Crippen LogP contribution is 2.27. The van der Waals surface area contributed by atoms with Gasteiger partial charge in [0, 0.05) is 16.6 Å². The number of carbonyl (C=O) groups excluding carboxylic acids is 1. The van der Waals surface area contributed by atoms with E-state index in [4.69, 9.17) is 15.2 Å². The van der Waals surface area contributed by atoms with Crippen LogP contribution < -0.4 is 15.8 Å². The molecule has 1 aromatic rings. The third-order valence-electron chi connectivity index (χ3n) is 2.46. The van der Waals surface area contributed by atoms with E-state index >= 15 is 0 Å². The number of benzene rings is 1. The van der Waals surface area contributed by atoms with Crippen LogP contribution in [0.3, 0.4) is 0 Å². The van der Waals surface area contributed by atoms with Gasteiger partial charge in [0.2, 0.25) is 0 Å². The van der Waals surface area contributed by atoms with Crippen LogP contribution >= 0.6 is 15.9 Å². The predicted molar refractivity (Wildman–Crippen MR) is 81.9 cm³/mol. The smallest absolute Gasteiger partial charge is 0.407 e. The third-order valence-corrected chi connectivity index (χ3v) is 2.95. The number of ether oxygens (including phenoxy) is 2. The van der Waals surface area contributed by atoms with E-state index in [0.29, 0.717) is 5.75 Å². The molecular weight excluding hydrogens is 324 g/mol. The predicted octanol–water partition coefficient (Wildman–Crippen LogP) is 2.98. The lowest BCUT2D eigenvalue weighted by atomic mass is 10.1. The number of rotatable bonds is 4. The Hall–Kier alpha value is -1.27. The number of nitrogens with two attached hydrogens (primary N) is 1. The molecule has 0 spiro atoms. The molecular formula is C14H21BrN2O3. The summed E-state index contributed by atoms with van der Waals surface area (Å²) in [6.07, 6.45) is -0.482. The van der Waals surface area contributed by atoms with Gasteiger partial charge < -0.3 is 20.5 Å². The number of alkyl carbamates (subject to hydrolysis) is 1. The number of nitrogens with one attached hydrogen (secondary N) is 1. The molecule has 0 fully saturated rings. The molecule has 0 bridgehead atoms. The van der Waals surface area contributed by atoms with Gasteiger partial charge in [0.25, 0.3) is 0 Å². The summed E-state index contributed by atoms with van der Waals surface area (Å²) < 4.78 is 11.3. The maximum Gasteiger partial charge on any atom is 0.407 e. The Bertz CT molecular complexity index is 472. The highest BCUT2D eigenvalue weighted by Gasteiger charge is 2.18. The molecule has 3 N–H and O–H groups in total. The molecule has 1 rings (SSSR count). The van der Waals surface area contributed by atoms with Gasteiger partial charge in [0.15, 0.2) is 0 Å². The van der Waals surface area contributed by atoms with Gasteiger partial charge in [-0.3, -0.25) is 0 Å². The summed E-state index contributed by atoms with van der Waals surface area (Å²) in [6.45, 7) is 5.70. The van der Waals surface area contributed by atoms with E-state index in [9.17, 15) is 4.79 Å². The van der Waals surface area contributed by atoms with Gasteiger partial charge in [-0.05, 0) is 32.9 Å². The van der Waals surface area contributed by atoms with Crippen LogP contribution in [0.4, 0.5) is 4.79 Å². The van der Waals surface area contributed by atoms with E-state index in [-0.39, 0.29) is 12.6 Å².